The number of rotatable bonds is 56. The van der Waals surface area contributed by atoms with Crippen LogP contribution in [-0.4, -0.2) is 37.2 Å². The average Bonchev–Trinajstić information content (AvgIpc) is 3.33. The van der Waals surface area contributed by atoms with E-state index in [0.717, 1.165) is 64.2 Å². The van der Waals surface area contributed by atoms with Crippen LogP contribution in [0.2, 0.25) is 0 Å². The Hall–Kier alpha value is -1.85. The third-order valence-electron chi connectivity index (χ3n) is 13.8. The molecule has 6 heteroatoms. The van der Waals surface area contributed by atoms with Crippen LogP contribution < -0.4 is 0 Å². The predicted octanol–water partition coefficient (Wildman–Crippen LogP) is 20.1. The smallest absolute Gasteiger partial charge is 0.306 e. The van der Waals surface area contributed by atoms with Gasteiger partial charge in [-0.25, -0.2) is 0 Å². The number of ether oxygens (including phenoxy) is 3. The summed E-state index contributed by atoms with van der Waals surface area (Å²) in [6.45, 7) is 6.68. The summed E-state index contributed by atoms with van der Waals surface area (Å²) >= 11 is 0. The molecule has 67 heavy (non-hydrogen) atoms. The number of esters is 3. The molecule has 0 amide bonds. The van der Waals surface area contributed by atoms with E-state index in [-0.39, 0.29) is 31.1 Å². The molecular weight excluding hydrogens is 829 g/mol. The average molecular weight is 946 g/mol. The molecule has 0 aromatic rings. The van der Waals surface area contributed by atoms with Gasteiger partial charge >= 0.3 is 17.9 Å². The van der Waals surface area contributed by atoms with Crippen molar-refractivity contribution in [2.75, 3.05) is 13.2 Å². The van der Waals surface area contributed by atoms with Crippen molar-refractivity contribution in [2.24, 2.45) is 0 Å². The fraction of sp³-hybridized carbons (Fsp3) is 0.918. The van der Waals surface area contributed by atoms with Crippen LogP contribution in [0.15, 0.2) is 12.2 Å². The van der Waals surface area contributed by atoms with Crippen LogP contribution in [0.5, 0.6) is 0 Å². The number of unbranched alkanes of at least 4 members (excludes halogenated alkanes) is 43. The molecular formula is C61H116O6. The largest absolute Gasteiger partial charge is 0.462 e. The molecule has 0 rings (SSSR count). The van der Waals surface area contributed by atoms with Crippen molar-refractivity contribution in [2.45, 2.75) is 348 Å². The third kappa shape index (κ3) is 55.0. The maximum atomic E-state index is 12.9. The third-order valence-corrected chi connectivity index (χ3v) is 13.8. The zero-order chi connectivity index (χ0) is 48.6. The van der Waals surface area contributed by atoms with E-state index in [1.807, 2.05) is 0 Å². The van der Waals surface area contributed by atoms with Gasteiger partial charge < -0.3 is 14.2 Å². The van der Waals surface area contributed by atoms with Crippen LogP contribution in [0.4, 0.5) is 0 Å². The summed E-state index contributed by atoms with van der Waals surface area (Å²) < 4.78 is 16.9. The van der Waals surface area contributed by atoms with Gasteiger partial charge in [0.15, 0.2) is 6.10 Å². The van der Waals surface area contributed by atoms with Gasteiger partial charge in [-0.1, -0.05) is 290 Å². The van der Waals surface area contributed by atoms with E-state index >= 15 is 0 Å². The number of carbonyl (C=O) groups excluding carboxylic acids is 3. The van der Waals surface area contributed by atoms with Gasteiger partial charge in [0.2, 0.25) is 0 Å². The summed E-state index contributed by atoms with van der Waals surface area (Å²) in [5.41, 5.74) is 0. The second-order valence-electron chi connectivity index (χ2n) is 20.6. The molecule has 1 atom stereocenters. The summed E-state index contributed by atoms with van der Waals surface area (Å²) in [7, 11) is 0. The predicted molar refractivity (Wildman–Crippen MR) is 289 cm³/mol. The Morgan fingerprint density at radius 1 is 0.284 bits per heavy atom. The molecule has 0 spiro atoms. The monoisotopic (exact) mass is 945 g/mol. The zero-order valence-electron chi connectivity index (χ0n) is 45.5. The molecule has 0 heterocycles. The summed E-state index contributed by atoms with van der Waals surface area (Å²) in [5, 5.41) is 0. The van der Waals surface area contributed by atoms with Crippen molar-refractivity contribution in [3.05, 3.63) is 12.2 Å². The van der Waals surface area contributed by atoms with E-state index in [4.69, 9.17) is 14.2 Å². The summed E-state index contributed by atoms with van der Waals surface area (Å²) in [5.74, 6) is -0.849. The fourth-order valence-corrected chi connectivity index (χ4v) is 9.21. The van der Waals surface area contributed by atoms with Crippen LogP contribution in [0.25, 0.3) is 0 Å². The van der Waals surface area contributed by atoms with Crippen molar-refractivity contribution in [3.8, 4) is 0 Å². The van der Waals surface area contributed by atoms with Crippen LogP contribution in [-0.2, 0) is 28.6 Å². The number of carbonyl (C=O) groups is 3. The second kappa shape index (κ2) is 56.7. The van der Waals surface area contributed by atoms with Gasteiger partial charge in [-0.3, -0.25) is 14.4 Å². The van der Waals surface area contributed by atoms with Crippen molar-refractivity contribution in [1.29, 1.82) is 0 Å². The van der Waals surface area contributed by atoms with Gasteiger partial charge in [0.1, 0.15) is 13.2 Å². The molecule has 0 unspecified atom stereocenters. The van der Waals surface area contributed by atoms with Gasteiger partial charge in [0, 0.05) is 19.3 Å². The molecule has 0 saturated heterocycles. The number of hydrogen-bond donors (Lipinski definition) is 0. The first-order valence-electron chi connectivity index (χ1n) is 30.2. The molecule has 0 aromatic heterocycles. The molecule has 6 nitrogen and oxygen atoms in total. The van der Waals surface area contributed by atoms with Gasteiger partial charge in [0.05, 0.1) is 0 Å². The standard InChI is InChI=1S/C61H116O6/c1-4-7-10-13-16-19-22-25-27-28-29-30-31-32-34-36-39-42-45-48-51-54-60(63)66-57-58(56-65-59(62)53-50-47-44-41-38-35-24-21-18-15-12-9-6-3)67-61(64)55-52-49-46-43-40-37-33-26-23-20-17-14-11-8-5-2/h21,24,58H,4-20,22-23,25-57H2,1-3H3/b24-21-/t58-/m1/s1. The molecule has 0 aliphatic rings. The lowest BCUT2D eigenvalue weighted by atomic mass is 10.0. The molecule has 0 aromatic carbocycles. The van der Waals surface area contributed by atoms with Gasteiger partial charge in [-0.2, -0.15) is 0 Å². The van der Waals surface area contributed by atoms with E-state index in [1.165, 1.54) is 238 Å². The Labute approximate surface area is 418 Å². The van der Waals surface area contributed by atoms with E-state index in [1.54, 1.807) is 0 Å². The van der Waals surface area contributed by atoms with Crippen LogP contribution in [0.3, 0.4) is 0 Å². The van der Waals surface area contributed by atoms with E-state index in [0.29, 0.717) is 19.3 Å². The minimum atomic E-state index is -0.767. The lowest BCUT2D eigenvalue weighted by molar-refractivity contribution is -0.167. The van der Waals surface area contributed by atoms with E-state index in [9.17, 15) is 14.4 Å². The maximum absolute atomic E-state index is 12.9. The van der Waals surface area contributed by atoms with Crippen molar-refractivity contribution < 1.29 is 28.6 Å². The highest BCUT2D eigenvalue weighted by Crippen LogP contribution is 2.18. The molecule has 0 saturated carbocycles. The minimum absolute atomic E-state index is 0.0663. The molecule has 0 aliphatic heterocycles. The van der Waals surface area contributed by atoms with E-state index < -0.39 is 6.10 Å². The summed E-state index contributed by atoms with van der Waals surface area (Å²) in [6, 6.07) is 0. The molecule has 0 N–H and O–H groups in total. The highest BCUT2D eigenvalue weighted by molar-refractivity contribution is 5.71. The van der Waals surface area contributed by atoms with E-state index in [2.05, 4.69) is 32.9 Å². The van der Waals surface area contributed by atoms with Gasteiger partial charge in [-0.15, -0.1) is 0 Å². The quantitative estimate of drug-likeness (QED) is 0.0262. The highest BCUT2D eigenvalue weighted by atomic mass is 16.6. The van der Waals surface area contributed by atoms with Gasteiger partial charge in [-0.05, 0) is 44.9 Å². The first kappa shape index (κ1) is 65.1. The Morgan fingerprint density at radius 3 is 0.761 bits per heavy atom. The number of hydrogen-bond acceptors (Lipinski definition) is 6. The first-order chi connectivity index (χ1) is 33.0. The Morgan fingerprint density at radius 2 is 0.493 bits per heavy atom. The number of allylic oxidation sites excluding steroid dienone is 2. The van der Waals surface area contributed by atoms with Crippen LogP contribution in [0, 0.1) is 0 Å². The van der Waals surface area contributed by atoms with Crippen LogP contribution >= 0.6 is 0 Å². The lowest BCUT2D eigenvalue weighted by Gasteiger charge is -2.18. The highest BCUT2D eigenvalue weighted by Gasteiger charge is 2.19. The minimum Gasteiger partial charge on any atom is -0.462 e. The SMILES string of the molecule is CCCCCC/C=C\CCCCCCCC(=O)OC[C@H](COC(=O)CCCCCCCCCCCCCCCCCCCCCCC)OC(=O)CCCCCCCCCCCCCCCCC. The molecule has 0 aliphatic carbocycles. The Bertz CT molecular complexity index is 1040. The van der Waals surface area contributed by atoms with Crippen molar-refractivity contribution in [1.82, 2.24) is 0 Å². The second-order valence-corrected chi connectivity index (χ2v) is 20.6. The summed E-state index contributed by atoms with van der Waals surface area (Å²) in [4.78, 5) is 38.2. The van der Waals surface area contributed by atoms with Crippen LogP contribution in [0.1, 0.15) is 342 Å². The molecule has 396 valence electrons. The van der Waals surface area contributed by atoms with Crippen molar-refractivity contribution >= 4 is 17.9 Å². The Kier molecular flexibility index (Phi) is 55.2. The lowest BCUT2D eigenvalue weighted by Crippen LogP contribution is -2.30. The summed E-state index contributed by atoms with van der Waals surface area (Å²) in [6.07, 6.45) is 64.9. The normalized spacial score (nSPS) is 12.0. The zero-order valence-corrected chi connectivity index (χ0v) is 45.5. The molecule has 0 fully saturated rings. The Balaban J connectivity index is 4.25. The molecule has 0 radical (unpaired) electrons. The first-order valence-corrected chi connectivity index (χ1v) is 30.2. The topological polar surface area (TPSA) is 78.9 Å². The fourth-order valence-electron chi connectivity index (χ4n) is 9.21. The van der Waals surface area contributed by atoms with Gasteiger partial charge in [0.25, 0.3) is 0 Å². The van der Waals surface area contributed by atoms with Crippen molar-refractivity contribution in [3.63, 3.8) is 0 Å². The molecule has 0 bridgehead atoms. The maximum Gasteiger partial charge on any atom is 0.306 e.